The fourth-order valence-corrected chi connectivity index (χ4v) is 3.29. The first-order valence-electron chi connectivity index (χ1n) is 7.28. The number of imide groups is 1. The van der Waals surface area contributed by atoms with E-state index >= 15 is 0 Å². The number of β-amino-alcohol motifs (C(OH)–C–C–N with tert-alkyl or cyclic N) is 1. The maximum atomic E-state index is 12.4. The Bertz CT molecular complexity index is 832. The Morgan fingerprint density at radius 1 is 1.28 bits per heavy atom. The van der Waals surface area contributed by atoms with Crippen molar-refractivity contribution in [2.24, 2.45) is 0 Å². The molecule has 0 radical (unpaired) electrons. The van der Waals surface area contributed by atoms with Crippen LogP contribution in [0.4, 0.5) is 5.69 Å². The molecule has 1 aromatic rings. The number of carbonyl (C=O) groups excluding carboxylic acids is 2. The summed E-state index contributed by atoms with van der Waals surface area (Å²) in [4.78, 5) is 24.7. The largest absolute Gasteiger partial charge is 0.495 e. The van der Waals surface area contributed by atoms with Crippen LogP contribution in [0.1, 0.15) is 0 Å². The zero-order chi connectivity index (χ0) is 18.8. The molecule has 0 bridgehead atoms. The van der Waals surface area contributed by atoms with Crippen LogP contribution in [-0.2, 0) is 19.6 Å². The Labute approximate surface area is 145 Å². The molecule has 0 atom stereocenters. The number of aliphatic hydroxyl groups excluding tert-OH is 1. The predicted molar refractivity (Wildman–Crippen MR) is 89.4 cm³/mol. The fourth-order valence-electron chi connectivity index (χ4n) is 2.22. The molecule has 2 N–H and O–H groups in total. The van der Waals surface area contributed by atoms with Crippen LogP contribution in [0.5, 0.6) is 5.75 Å². The smallest absolute Gasteiger partial charge is 0.277 e. The third kappa shape index (κ3) is 3.65. The lowest BCUT2D eigenvalue weighted by molar-refractivity contribution is -0.137. The number of sulfonamides is 1. The number of ether oxygens (including phenoxy) is 1. The van der Waals surface area contributed by atoms with E-state index < -0.39 is 21.8 Å². The van der Waals surface area contributed by atoms with E-state index in [0.717, 1.165) is 15.3 Å². The van der Waals surface area contributed by atoms with Crippen molar-refractivity contribution in [1.29, 1.82) is 0 Å². The summed E-state index contributed by atoms with van der Waals surface area (Å²) in [6, 6.07) is 4.30. The lowest BCUT2D eigenvalue weighted by atomic mass is 10.3. The van der Waals surface area contributed by atoms with Crippen molar-refractivity contribution in [3.8, 4) is 5.75 Å². The molecule has 0 aromatic heterocycles. The van der Waals surface area contributed by atoms with Crippen LogP contribution in [0.2, 0.25) is 0 Å². The highest BCUT2D eigenvalue weighted by atomic mass is 32.2. The number of rotatable bonds is 7. The Hall–Kier alpha value is -2.43. The summed E-state index contributed by atoms with van der Waals surface area (Å²) in [5.41, 5.74) is 0.302. The van der Waals surface area contributed by atoms with E-state index in [-0.39, 0.29) is 29.5 Å². The minimum Gasteiger partial charge on any atom is -0.495 e. The molecule has 2 amide bonds. The number of carbonyl (C=O) groups is 2. The molecule has 0 fully saturated rings. The van der Waals surface area contributed by atoms with Crippen LogP contribution < -0.4 is 10.1 Å². The first kappa shape index (κ1) is 18.9. The average molecular weight is 369 g/mol. The molecule has 1 heterocycles. The lowest BCUT2D eigenvalue weighted by Crippen LogP contribution is -2.34. The van der Waals surface area contributed by atoms with Gasteiger partial charge >= 0.3 is 0 Å². The summed E-state index contributed by atoms with van der Waals surface area (Å²) in [5, 5.41) is 11.6. The Kier molecular flexibility index (Phi) is 5.45. The van der Waals surface area contributed by atoms with Crippen molar-refractivity contribution in [2.75, 3.05) is 39.7 Å². The molecule has 2 rings (SSSR count). The molecule has 1 aromatic carbocycles. The van der Waals surface area contributed by atoms with Crippen molar-refractivity contribution < 1.29 is 27.9 Å². The summed E-state index contributed by atoms with van der Waals surface area (Å²) in [6.45, 7) is -0.450. The number of benzene rings is 1. The number of nitrogens with zero attached hydrogens (tertiary/aromatic N) is 2. The highest BCUT2D eigenvalue weighted by Crippen LogP contribution is 2.29. The van der Waals surface area contributed by atoms with Gasteiger partial charge in [0.2, 0.25) is 10.0 Å². The number of aliphatic hydroxyl groups is 1. The van der Waals surface area contributed by atoms with Crippen molar-refractivity contribution in [3.63, 3.8) is 0 Å². The number of nitrogens with one attached hydrogen (secondary N) is 1. The lowest BCUT2D eigenvalue weighted by Gasteiger charge is -2.17. The number of hydrogen-bond donors (Lipinski definition) is 2. The third-order valence-electron chi connectivity index (χ3n) is 3.53. The molecule has 0 saturated carbocycles. The topological polar surface area (TPSA) is 116 Å². The maximum absolute atomic E-state index is 12.4. The molecule has 0 spiro atoms. The van der Waals surface area contributed by atoms with Crippen molar-refractivity contribution >= 4 is 27.5 Å². The first-order valence-corrected chi connectivity index (χ1v) is 8.72. The van der Waals surface area contributed by atoms with Gasteiger partial charge in [0.1, 0.15) is 16.3 Å². The van der Waals surface area contributed by atoms with Gasteiger partial charge in [0.25, 0.3) is 11.8 Å². The second kappa shape index (κ2) is 7.21. The summed E-state index contributed by atoms with van der Waals surface area (Å²) in [6.07, 6.45) is 1.10. The molecule has 0 aliphatic carbocycles. The highest BCUT2D eigenvalue weighted by molar-refractivity contribution is 7.89. The molecule has 0 saturated heterocycles. The van der Waals surface area contributed by atoms with Gasteiger partial charge < -0.3 is 15.2 Å². The summed E-state index contributed by atoms with van der Waals surface area (Å²) in [5.74, 6) is -0.980. The van der Waals surface area contributed by atoms with Crippen LogP contribution in [0, 0.1) is 0 Å². The van der Waals surface area contributed by atoms with Gasteiger partial charge in [0.05, 0.1) is 20.3 Å². The zero-order valence-electron chi connectivity index (χ0n) is 14.0. The molecule has 1 aliphatic heterocycles. The van der Waals surface area contributed by atoms with Gasteiger partial charge in [-0.3, -0.25) is 14.5 Å². The zero-order valence-corrected chi connectivity index (χ0v) is 14.8. The van der Waals surface area contributed by atoms with E-state index in [1.54, 1.807) is 0 Å². The Morgan fingerprint density at radius 3 is 2.52 bits per heavy atom. The highest BCUT2D eigenvalue weighted by Gasteiger charge is 2.31. The standard InChI is InChI=1S/C15H19N3O6S/c1-17(2)25(22,23)13-8-10(4-5-12(13)24-3)16-11-9-14(20)18(6-7-19)15(11)21/h4-5,8-9,16,19H,6-7H2,1-3H3. The number of anilines is 1. The monoisotopic (exact) mass is 369 g/mol. The van der Waals surface area contributed by atoms with Crippen LogP contribution in [0.15, 0.2) is 34.9 Å². The molecule has 0 unspecified atom stereocenters. The minimum absolute atomic E-state index is 0.00295. The van der Waals surface area contributed by atoms with Crippen molar-refractivity contribution in [2.45, 2.75) is 4.90 Å². The van der Waals surface area contributed by atoms with Gasteiger partial charge in [-0.1, -0.05) is 0 Å². The van der Waals surface area contributed by atoms with Crippen LogP contribution in [0.25, 0.3) is 0 Å². The fraction of sp³-hybridized carbons (Fsp3) is 0.333. The van der Waals surface area contributed by atoms with E-state index in [0.29, 0.717) is 5.69 Å². The Morgan fingerprint density at radius 2 is 1.96 bits per heavy atom. The average Bonchev–Trinajstić information content (AvgIpc) is 2.82. The number of hydrogen-bond acceptors (Lipinski definition) is 7. The second-order valence-corrected chi connectivity index (χ2v) is 7.47. The molecule has 9 nitrogen and oxygen atoms in total. The SMILES string of the molecule is COc1ccc(NC2=CC(=O)N(CCO)C2=O)cc1S(=O)(=O)N(C)C. The summed E-state index contributed by atoms with van der Waals surface area (Å²) < 4.78 is 30.9. The summed E-state index contributed by atoms with van der Waals surface area (Å²) >= 11 is 0. The Balaban J connectivity index is 2.35. The van der Waals surface area contributed by atoms with Crippen molar-refractivity contribution in [1.82, 2.24) is 9.21 Å². The molecule has 10 heteroatoms. The predicted octanol–water partition coefficient (Wildman–Crippen LogP) is -0.398. The summed E-state index contributed by atoms with van der Waals surface area (Å²) in [7, 11) is 0.371. The van der Waals surface area contributed by atoms with Gasteiger partial charge in [0.15, 0.2) is 0 Å². The molecule has 25 heavy (non-hydrogen) atoms. The van der Waals surface area contributed by atoms with E-state index in [2.05, 4.69) is 5.32 Å². The van der Waals surface area contributed by atoms with Gasteiger partial charge in [-0.25, -0.2) is 12.7 Å². The van der Waals surface area contributed by atoms with E-state index in [4.69, 9.17) is 9.84 Å². The maximum Gasteiger partial charge on any atom is 0.277 e. The van der Waals surface area contributed by atoms with E-state index in [9.17, 15) is 18.0 Å². The molecular formula is C15H19N3O6S. The second-order valence-electron chi connectivity index (χ2n) is 5.35. The van der Waals surface area contributed by atoms with Crippen LogP contribution in [-0.4, -0.2) is 68.9 Å². The molecule has 136 valence electrons. The minimum atomic E-state index is -3.77. The van der Waals surface area contributed by atoms with Gasteiger partial charge in [-0.15, -0.1) is 0 Å². The van der Waals surface area contributed by atoms with Gasteiger partial charge in [0, 0.05) is 25.9 Å². The number of methoxy groups -OCH3 is 1. The molecular weight excluding hydrogens is 350 g/mol. The quantitative estimate of drug-likeness (QED) is 0.628. The van der Waals surface area contributed by atoms with E-state index in [1.165, 1.54) is 39.4 Å². The van der Waals surface area contributed by atoms with Crippen LogP contribution >= 0.6 is 0 Å². The van der Waals surface area contributed by atoms with Crippen molar-refractivity contribution in [3.05, 3.63) is 30.0 Å². The van der Waals surface area contributed by atoms with Gasteiger partial charge in [-0.2, -0.15) is 0 Å². The van der Waals surface area contributed by atoms with Crippen LogP contribution in [0.3, 0.4) is 0 Å². The molecule has 1 aliphatic rings. The van der Waals surface area contributed by atoms with E-state index in [1.807, 2.05) is 0 Å². The van der Waals surface area contributed by atoms with Gasteiger partial charge in [-0.05, 0) is 18.2 Å². The third-order valence-corrected chi connectivity index (χ3v) is 5.37. The number of amides is 2. The first-order chi connectivity index (χ1) is 11.7. The normalized spacial score (nSPS) is 14.9.